The zero-order chi connectivity index (χ0) is 28.0. The van der Waals surface area contributed by atoms with Gasteiger partial charge in [0.25, 0.3) is 0 Å². The van der Waals surface area contributed by atoms with Crippen LogP contribution in [0.5, 0.6) is 0 Å². The summed E-state index contributed by atoms with van der Waals surface area (Å²) in [6.07, 6.45) is -12.2. The van der Waals surface area contributed by atoms with Crippen molar-refractivity contribution in [3.8, 4) is 0 Å². The zero-order valence-electron chi connectivity index (χ0n) is 18.5. The number of phosphoric acid groups is 1. The summed E-state index contributed by atoms with van der Waals surface area (Å²) >= 11 is 0. The molecule has 214 valence electrons. The highest BCUT2D eigenvalue weighted by Crippen LogP contribution is 2.61. The van der Waals surface area contributed by atoms with E-state index in [1.54, 1.807) is 0 Å². The van der Waals surface area contributed by atoms with Gasteiger partial charge in [0.15, 0.2) is 31.5 Å². The smallest absolute Gasteiger partial charge is 0.394 e. The Balaban J connectivity index is 1.38. The Bertz CT molecular complexity index is 1240. The van der Waals surface area contributed by atoms with Crippen molar-refractivity contribution in [2.45, 2.75) is 55.2 Å². The number of hydrogen-bond donors (Lipinski definition) is 8. The molecule has 2 aliphatic rings. The largest absolute Gasteiger partial charge is 0.479 e. The van der Waals surface area contributed by atoms with Crippen molar-refractivity contribution in [1.29, 1.82) is 0 Å². The van der Waals surface area contributed by atoms with Crippen LogP contribution in [0, 0.1) is 0 Å². The minimum atomic E-state index is -5.25. The average Bonchev–Trinajstić information content (AvgIpc) is 3.39. The maximum absolute atomic E-state index is 12.8. The number of phosphoric ester groups is 1. The lowest BCUT2D eigenvalue weighted by Crippen LogP contribution is -2.58. The summed E-state index contributed by atoms with van der Waals surface area (Å²) in [7, 11) is -10.9. The molecule has 9 N–H and O–H groups in total. The van der Waals surface area contributed by atoms with Crippen molar-refractivity contribution in [1.82, 2.24) is 19.5 Å². The van der Waals surface area contributed by atoms with Crippen molar-refractivity contribution in [3.05, 3.63) is 12.7 Å². The monoisotopic (exact) mass is 586 g/mol. The maximum Gasteiger partial charge on any atom is 0.479 e. The number of nitrogens with two attached hydrogens (primary N) is 1. The fourth-order valence-corrected chi connectivity index (χ4v) is 5.42. The lowest BCUT2D eigenvalue weighted by molar-refractivity contribution is -0.280. The molecule has 22 heteroatoms. The number of aliphatic hydroxyl groups is 6. The van der Waals surface area contributed by atoms with Gasteiger partial charge in [-0.15, -0.1) is 0 Å². The third kappa shape index (κ3) is 5.93. The molecular formula is C16H27BN5O14P2-. The van der Waals surface area contributed by atoms with Crippen LogP contribution in [0.3, 0.4) is 0 Å². The van der Waals surface area contributed by atoms with Crippen LogP contribution in [-0.4, -0.2) is 125 Å². The number of nitrogen functional groups attached to an aromatic ring is 1. The molecule has 4 rings (SSSR count). The Hall–Kier alpha value is -1.61. The van der Waals surface area contributed by atoms with Gasteiger partial charge in [0.05, 0.1) is 27.1 Å². The molecule has 0 spiro atoms. The van der Waals surface area contributed by atoms with Crippen LogP contribution >= 0.6 is 15.3 Å². The van der Waals surface area contributed by atoms with E-state index in [-0.39, 0.29) is 17.0 Å². The van der Waals surface area contributed by atoms with E-state index in [4.69, 9.17) is 19.7 Å². The minimum absolute atomic E-state index is 0.0824. The van der Waals surface area contributed by atoms with Crippen molar-refractivity contribution in [2.24, 2.45) is 0 Å². The molecule has 2 aliphatic heterocycles. The molecule has 11 atom stereocenters. The van der Waals surface area contributed by atoms with Crippen LogP contribution in [-0.2, 0) is 32.0 Å². The lowest BCUT2D eigenvalue weighted by atomic mass is 10.00. The van der Waals surface area contributed by atoms with Gasteiger partial charge in [0, 0.05) is 0 Å². The second kappa shape index (κ2) is 11.1. The molecule has 0 aliphatic carbocycles. The molecule has 2 saturated heterocycles. The lowest BCUT2D eigenvalue weighted by Gasteiger charge is -2.39. The predicted molar refractivity (Wildman–Crippen MR) is 125 cm³/mol. The number of rotatable bonds is 9. The van der Waals surface area contributed by atoms with E-state index in [9.17, 15) is 44.7 Å². The number of fused-ring (bicyclic) bond motifs is 1. The summed E-state index contributed by atoms with van der Waals surface area (Å²) < 4.78 is 51.7. The van der Waals surface area contributed by atoms with E-state index in [0.29, 0.717) is 0 Å². The standard InChI is InChI=1S/C16H27BN5O14P2/c17-37(29,36-38(30,31)35-16-12(28)10(26)8(24)5(1-23)34-16)32-2-6-9(25)11(27)15(33-6)22-4-21-7-13(18)19-3-20-14(7)22/h3-6,8-12,15-16,23-28H,1-2H2,17H3,(H,30,31)(H2,18,19,20)/q-1/t5?,6-,8-,9?,10+,11+,12?,15-,16-,37+/m1/s1. The average molecular weight is 586 g/mol. The molecular weight excluding hydrogens is 559 g/mol. The summed E-state index contributed by atoms with van der Waals surface area (Å²) in [6.45, 7) is -1.44. The third-order valence-electron chi connectivity index (χ3n) is 5.60. The van der Waals surface area contributed by atoms with E-state index < -0.39 is 91.3 Å². The van der Waals surface area contributed by atoms with Crippen LogP contribution in [0.15, 0.2) is 12.7 Å². The Morgan fingerprint density at radius 3 is 2.37 bits per heavy atom. The van der Waals surface area contributed by atoms with Gasteiger partial charge in [-0.25, -0.2) is 23.8 Å². The van der Waals surface area contributed by atoms with E-state index in [1.807, 2.05) is 0 Å². The third-order valence-corrected chi connectivity index (χ3v) is 7.79. The molecule has 4 heterocycles. The molecule has 2 fully saturated rings. The molecule has 38 heavy (non-hydrogen) atoms. The molecule has 0 aromatic carbocycles. The number of aliphatic hydroxyl groups excluding tert-OH is 6. The van der Waals surface area contributed by atoms with Crippen LogP contribution < -0.4 is 5.73 Å². The van der Waals surface area contributed by atoms with Gasteiger partial charge in [-0.1, -0.05) is 0 Å². The number of aromatic nitrogens is 4. The number of imidazole rings is 1. The van der Waals surface area contributed by atoms with Gasteiger partial charge >= 0.3 is 7.82 Å². The highest BCUT2D eigenvalue weighted by Gasteiger charge is 2.48. The molecule has 0 radical (unpaired) electrons. The first-order valence-corrected chi connectivity index (χ1v) is 13.1. The van der Waals surface area contributed by atoms with Gasteiger partial charge in [-0.3, -0.25) is 9.09 Å². The number of nitrogens with zero attached hydrogens (tertiary/aromatic N) is 4. The molecule has 0 saturated carbocycles. The number of hydrogen-bond acceptors (Lipinski definition) is 17. The summed E-state index contributed by atoms with van der Waals surface area (Å²) in [5.74, 6) is 0.0824. The number of ether oxygens (including phenoxy) is 2. The van der Waals surface area contributed by atoms with Crippen molar-refractivity contribution < 1.29 is 67.5 Å². The Labute approximate surface area is 214 Å². The maximum atomic E-state index is 12.8. The summed E-state index contributed by atoms with van der Waals surface area (Å²) in [4.78, 5) is 22.0. The molecule has 0 bridgehead atoms. The number of anilines is 1. The first-order valence-electron chi connectivity index (χ1n) is 10.5. The predicted octanol–water partition coefficient (Wildman–Crippen LogP) is -4.55. The van der Waals surface area contributed by atoms with Crippen LogP contribution in [0.4, 0.5) is 5.82 Å². The van der Waals surface area contributed by atoms with Crippen molar-refractivity contribution >= 4 is 39.8 Å². The first kappa shape index (κ1) is 29.4. The Kier molecular flexibility index (Phi) is 8.59. The van der Waals surface area contributed by atoms with E-state index in [0.717, 1.165) is 0 Å². The fourth-order valence-electron chi connectivity index (χ4n) is 3.70. The van der Waals surface area contributed by atoms with Gasteiger partial charge in [0.2, 0.25) is 0 Å². The van der Waals surface area contributed by atoms with Crippen molar-refractivity contribution in [2.75, 3.05) is 18.9 Å². The van der Waals surface area contributed by atoms with Gasteiger partial charge in [-0.2, -0.15) is 0 Å². The second-order valence-electron chi connectivity index (χ2n) is 8.00. The SMILES string of the molecule is [BH3-][P@](=O)(OC[C@H]1O[C@@H](n2cnc3c(N)ncnc32)[C@@H](O)C1O)OP(=O)(O)O[C@H]1OC(CO)[C@@H](O)[C@H](O)C1O. The molecule has 2 aromatic heterocycles. The zero-order valence-corrected chi connectivity index (χ0v) is 20.3. The molecule has 19 nitrogen and oxygen atoms in total. The summed E-state index contributed by atoms with van der Waals surface area (Å²) in [5, 5.41) is 59.7. The molecule has 4 unspecified atom stereocenters. The first-order chi connectivity index (χ1) is 17.7. The van der Waals surface area contributed by atoms with Gasteiger partial charge in [0.1, 0.15) is 54.6 Å². The van der Waals surface area contributed by atoms with Gasteiger partial charge < -0.3 is 59.8 Å². The van der Waals surface area contributed by atoms with Crippen LogP contribution in [0.2, 0.25) is 0 Å². The van der Waals surface area contributed by atoms with Crippen LogP contribution in [0.1, 0.15) is 6.23 Å². The summed E-state index contributed by atoms with van der Waals surface area (Å²) in [6, 6.07) is 0. The molecule has 0 amide bonds. The topological polar surface area (TPSA) is 292 Å². The quantitative estimate of drug-likeness (QED) is 0.101. The normalized spacial score (nSPS) is 37.2. The van der Waals surface area contributed by atoms with E-state index in [2.05, 4.69) is 23.8 Å². The highest BCUT2D eigenvalue weighted by atomic mass is 31.3. The second-order valence-corrected chi connectivity index (χ2v) is 10.5. The van der Waals surface area contributed by atoms with Crippen LogP contribution in [0.25, 0.3) is 11.2 Å². The van der Waals surface area contributed by atoms with E-state index in [1.165, 1.54) is 17.2 Å². The minimum Gasteiger partial charge on any atom is -0.394 e. The Morgan fingerprint density at radius 2 is 1.68 bits per heavy atom. The van der Waals surface area contributed by atoms with Gasteiger partial charge in [-0.05, 0) is 0 Å². The summed E-state index contributed by atoms with van der Waals surface area (Å²) in [5.41, 5.74) is 6.20. The fraction of sp³-hybridized carbons (Fsp3) is 0.688. The van der Waals surface area contributed by atoms with E-state index >= 15 is 0 Å². The molecule has 2 aromatic rings. The van der Waals surface area contributed by atoms with Crippen molar-refractivity contribution in [3.63, 3.8) is 0 Å². The Morgan fingerprint density at radius 1 is 1.00 bits per heavy atom. The highest BCUT2D eigenvalue weighted by molar-refractivity contribution is 7.83.